The molecular weight excluding hydrogens is 358 g/mol. The van der Waals surface area contributed by atoms with E-state index in [1.807, 2.05) is 0 Å². The summed E-state index contributed by atoms with van der Waals surface area (Å²) in [6.07, 6.45) is 3.34. The molecule has 0 radical (unpaired) electrons. The van der Waals surface area contributed by atoms with Crippen molar-refractivity contribution in [3.05, 3.63) is 82.2 Å². The summed E-state index contributed by atoms with van der Waals surface area (Å²) in [5, 5.41) is 13.2. The summed E-state index contributed by atoms with van der Waals surface area (Å²) in [5.74, 6) is 2.10. The lowest BCUT2D eigenvalue weighted by Crippen LogP contribution is -2.33. The number of guanidine groups is 1. The van der Waals surface area contributed by atoms with Crippen LogP contribution in [-0.2, 0) is 13.1 Å². The van der Waals surface area contributed by atoms with E-state index in [0.717, 1.165) is 45.1 Å². The molecule has 0 aromatic heterocycles. The van der Waals surface area contributed by atoms with Crippen LogP contribution in [-0.4, -0.2) is 25.6 Å². The third-order valence-electron chi connectivity index (χ3n) is 5.16. The molecule has 29 heavy (non-hydrogen) atoms. The highest BCUT2D eigenvalue weighted by Gasteiger charge is 2.05. The minimum absolute atomic E-state index is 0.847. The molecule has 2 heterocycles. The van der Waals surface area contributed by atoms with Crippen molar-refractivity contribution in [2.45, 2.75) is 40.3 Å². The Balaban J connectivity index is 0.000000166. The van der Waals surface area contributed by atoms with Gasteiger partial charge in [0.25, 0.3) is 0 Å². The standard InChI is InChI=1S/C12H17N3.C12H16N2/c1-9-3-4-10(2)11(7-9)8-15-12-13-5-6-14-12;1-10-5-2-3-6-11(10)9-14-12-7-4-8-13-12/h3-4,7H,5-6,8H2,1-2H3,(H2,13,14,15);2-3,5-7,13-14H,4,8-9H2,1H3. The lowest BCUT2D eigenvalue weighted by atomic mass is 10.1. The van der Waals surface area contributed by atoms with Crippen LogP contribution in [0.2, 0.25) is 0 Å². The van der Waals surface area contributed by atoms with Gasteiger partial charge in [0.2, 0.25) is 0 Å². The van der Waals surface area contributed by atoms with Gasteiger partial charge in [0.05, 0.1) is 12.4 Å². The van der Waals surface area contributed by atoms with Crippen LogP contribution in [0.4, 0.5) is 0 Å². The summed E-state index contributed by atoms with van der Waals surface area (Å²) < 4.78 is 0. The zero-order chi connectivity index (χ0) is 20.5. The van der Waals surface area contributed by atoms with E-state index < -0.39 is 0 Å². The van der Waals surface area contributed by atoms with Gasteiger partial charge in [-0.1, -0.05) is 48.0 Å². The first-order valence-electron chi connectivity index (χ1n) is 10.4. The summed E-state index contributed by atoms with van der Waals surface area (Å²) in [4.78, 5) is 4.30. The SMILES string of the molecule is Cc1ccc(C)c(CNC2=NCCN2)c1.Cc1ccccc1CNC1=CCCN1. The van der Waals surface area contributed by atoms with Crippen molar-refractivity contribution in [1.29, 1.82) is 0 Å². The number of hydrogen-bond donors (Lipinski definition) is 4. The molecule has 0 fully saturated rings. The van der Waals surface area contributed by atoms with Gasteiger partial charge in [-0.05, 0) is 55.5 Å². The fourth-order valence-corrected chi connectivity index (χ4v) is 3.32. The normalized spacial score (nSPS) is 14.7. The van der Waals surface area contributed by atoms with Crippen molar-refractivity contribution >= 4 is 5.96 Å². The van der Waals surface area contributed by atoms with Crippen molar-refractivity contribution < 1.29 is 0 Å². The third kappa shape index (κ3) is 6.56. The van der Waals surface area contributed by atoms with Crippen LogP contribution < -0.4 is 21.3 Å². The van der Waals surface area contributed by atoms with Crippen LogP contribution in [0.15, 0.2) is 59.4 Å². The Labute approximate surface area is 174 Å². The summed E-state index contributed by atoms with van der Waals surface area (Å²) in [7, 11) is 0. The fourth-order valence-electron chi connectivity index (χ4n) is 3.32. The predicted molar refractivity (Wildman–Crippen MR) is 122 cm³/mol. The van der Waals surface area contributed by atoms with Gasteiger partial charge in [0, 0.05) is 26.2 Å². The Morgan fingerprint density at radius 1 is 0.862 bits per heavy atom. The van der Waals surface area contributed by atoms with E-state index in [2.05, 4.69) is 95.6 Å². The molecule has 0 saturated heterocycles. The lowest BCUT2D eigenvalue weighted by molar-refractivity contribution is 0.723. The Bertz CT molecular complexity index is 869. The topological polar surface area (TPSA) is 60.5 Å². The molecule has 5 heteroatoms. The highest BCUT2D eigenvalue weighted by molar-refractivity contribution is 5.81. The molecular formula is C24H33N5. The zero-order valence-electron chi connectivity index (χ0n) is 17.8. The van der Waals surface area contributed by atoms with Crippen molar-refractivity contribution in [3.63, 3.8) is 0 Å². The molecule has 154 valence electrons. The van der Waals surface area contributed by atoms with Gasteiger partial charge in [0.15, 0.2) is 5.96 Å². The largest absolute Gasteiger partial charge is 0.372 e. The number of nitrogens with one attached hydrogen (secondary N) is 4. The van der Waals surface area contributed by atoms with E-state index in [-0.39, 0.29) is 0 Å². The molecule has 0 aliphatic carbocycles. The third-order valence-corrected chi connectivity index (χ3v) is 5.16. The average molecular weight is 392 g/mol. The van der Waals surface area contributed by atoms with Gasteiger partial charge >= 0.3 is 0 Å². The second-order valence-corrected chi connectivity index (χ2v) is 7.55. The van der Waals surface area contributed by atoms with Gasteiger partial charge in [-0.15, -0.1) is 0 Å². The minimum atomic E-state index is 0.847. The van der Waals surface area contributed by atoms with Crippen LogP contribution in [0.1, 0.15) is 34.2 Å². The van der Waals surface area contributed by atoms with Gasteiger partial charge in [-0.3, -0.25) is 4.99 Å². The number of hydrogen-bond acceptors (Lipinski definition) is 5. The molecule has 0 atom stereocenters. The fraction of sp³-hybridized carbons (Fsp3) is 0.375. The second kappa shape index (κ2) is 10.6. The molecule has 4 N–H and O–H groups in total. The average Bonchev–Trinajstić information content (AvgIpc) is 3.43. The van der Waals surface area contributed by atoms with Crippen molar-refractivity contribution in [3.8, 4) is 0 Å². The number of rotatable bonds is 5. The van der Waals surface area contributed by atoms with Crippen LogP contribution >= 0.6 is 0 Å². The van der Waals surface area contributed by atoms with E-state index in [4.69, 9.17) is 0 Å². The maximum Gasteiger partial charge on any atom is 0.191 e. The summed E-state index contributed by atoms with van der Waals surface area (Å²) >= 11 is 0. The van der Waals surface area contributed by atoms with Crippen LogP contribution in [0.3, 0.4) is 0 Å². The van der Waals surface area contributed by atoms with Crippen LogP contribution in [0.5, 0.6) is 0 Å². The molecule has 2 aliphatic heterocycles. The van der Waals surface area contributed by atoms with Crippen molar-refractivity contribution in [1.82, 2.24) is 21.3 Å². The van der Waals surface area contributed by atoms with Gasteiger partial charge < -0.3 is 21.3 Å². The maximum absolute atomic E-state index is 4.30. The highest BCUT2D eigenvalue weighted by atomic mass is 15.2. The summed E-state index contributed by atoms with van der Waals surface area (Å²) in [6.45, 7) is 11.1. The van der Waals surface area contributed by atoms with Crippen molar-refractivity contribution in [2.75, 3.05) is 19.6 Å². The van der Waals surface area contributed by atoms with E-state index in [9.17, 15) is 0 Å². The molecule has 0 unspecified atom stereocenters. The number of benzene rings is 2. The molecule has 2 aliphatic rings. The first-order chi connectivity index (χ1) is 14.1. The highest BCUT2D eigenvalue weighted by Crippen LogP contribution is 2.10. The first kappa shape index (κ1) is 20.8. The summed E-state index contributed by atoms with van der Waals surface area (Å²) in [6, 6.07) is 15.0. The summed E-state index contributed by atoms with van der Waals surface area (Å²) in [5.41, 5.74) is 6.68. The molecule has 2 aromatic rings. The molecule has 0 spiro atoms. The Hall–Kier alpha value is -2.95. The molecule has 4 rings (SSSR count). The molecule has 0 amide bonds. The number of aryl methyl sites for hydroxylation is 3. The number of aliphatic imine (C=N–C) groups is 1. The van der Waals surface area contributed by atoms with E-state index >= 15 is 0 Å². The first-order valence-corrected chi connectivity index (χ1v) is 10.4. The lowest BCUT2D eigenvalue weighted by Gasteiger charge is -2.10. The van der Waals surface area contributed by atoms with E-state index in [0.29, 0.717) is 0 Å². The van der Waals surface area contributed by atoms with E-state index in [1.54, 1.807) is 0 Å². The van der Waals surface area contributed by atoms with E-state index in [1.165, 1.54) is 33.6 Å². The Kier molecular flexibility index (Phi) is 7.56. The predicted octanol–water partition coefficient (Wildman–Crippen LogP) is 3.27. The maximum atomic E-state index is 4.30. The van der Waals surface area contributed by atoms with Crippen molar-refractivity contribution in [2.24, 2.45) is 4.99 Å². The minimum Gasteiger partial charge on any atom is -0.372 e. The van der Waals surface area contributed by atoms with Gasteiger partial charge in [0.1, 0.15) is 0 Å². The monoisotopic (exact) mass is 391 g/mol. The zero-order valence-corrected chi connectivity index (χ0v) is 17.8. The smallest absolute Gasteiger partial charge is 0.191 e. The second-order valence-electron chi connectivity index (χ2n) is 7.55. The Morgan fingerprint density at radius 2 is 1.66 bits per heavy atom. The van der Waals surface area contributed by atoms with Crippen LogP contribution in [0, 0.1) is 20.8 Å². The van der Waals surface area contributed by atoms with Gasteiger partial charge in [-0.2, -0.15) is 0 Å². The Morgan fingerprint density at radius 3 is 2.38 bits per heavy atom. The quantitative estimate of drug-likeness (QED) is 0.632. The molecule has 5 nitrogen and oxygen atoms in total. The molecule has 0 bridgehead atoms. The molecule has 2 aromatic carbocycles. The number of nitrogens with zero attached hydrogens (tertiary/aromatic N) is 1. The molecule has 0 saturated carbocycles. The van der Waals surface area contributed by atoms with Gasteiger partial charge in [-0.25, -0.2) is 0 Å². The van der Waals surface area contributed by atoms with Crippen LogP contribution in [0.25, 0.3) is 0 Å².